The number of carbonyl (C=O) groups excluding carboxylic acids is 1. The van der Waals surface area contributed by atoms with Gasteiger partial charge in [0, 0.05) is 17.5 Å². The Morgan fingerprint density at radius 2 is 1.65 bits per heavy atom. The van der Waals surface area contributed by atoms with Crippen LogP contribution in [0.5, 0.6) is 5.75 Å². The second-order valence-electron chi connectivity index (χ2n) is 7.06. The van der Waals surface area contributed by atoms with Crippen molar-refractivity contribution in [3.63, 3.8) is 0 Å². The molecule has 0 radical (unpaired) electrons. The molecule has 0 bridgehead atoms. The van der Waals surface area contributed by atoms with Crippen LogP contribution in [-0.4, -0.2) is 40.4 Å². The summed E-state index contributed by atoms with van der Waals surface area (Å²) in [5.74, 6) is 0.818. The molecule has 6 heteroatoms. The van der Waals surface area contributed by atoms with Crippen molar-refractivity contribution in [2.24, 2.45) is 10.1 Å². The van der Waals surface area contributed by atoms with E-state index in [0.29, 0.717) is 24.8 Å². The van der Waals surface area contributed by atoms with E-state index in [1.807, 2.05) is 67.6 Å². The number of carbonyl (C=O) groups is 1. The molecule has 0 saturated heterocycles. The van der Waals surface area contributed by atoms with Gasteiger partial charge in [-0.3, -0.25) is 9.79 Å². The van der Waals surface area contributed by atoms with E-state index >= 15 is 0 Å². The zero-order valence-corrected chi connectivity index (χ0v) is 17.2. The number of phenolic OH excluding ortho intramolecular Hbond substituents is 1. The maximum atomic E-state index is 13.3. The summed E-state index contributed by atoms with van der Waals surface area (Å²) in [4.78, 5) is 18.0. The molecule has 0 spiro atoms. The van der Waals surface area contributed by atoms with Crippen LogP contribution in [0, 0.1) is 0 Å². The minimum Gasteiger partial charge on any atom is -0.508 e. The van der Waals surface area contributed by atoms with Gasteiger partial charge in [0.1, 0.15) is 11.8 Å². The minimum absolute atomic E-state index is 0.186. The normalized spacial score (nSPS) is 16.4. The first-order chi connectivity index (χ1) is 15.2. The van der Waals surface area contributed by atoms with E-state index < -0.39 is 6.04 Å². The molecule has 0 aromatic heterocycles. The van der Waals surface area contributed by atoms with E-state index in [-0.39, 0.29) is 11.7 Å². The monoisotopic (exact) mass is 413 g/mol. The summed E-state index contributed by atoms with van der Waals surface area (Å²) in [5, 5.41) is 15.5. The van der Waals surface area contributed by atoms with Crippen LogP contribution < -0.4 is 0 Å². The van der Waals surface area contributed by atoms with E-state index in [0.717, 1.165) is 16.7 Å². The average molecular weight is 413 g/mol. The molecule has 0 saturated carbocycles. The number of phenols is 1. The largest absolute Gasteiger partial charge is 0.508 e. The fourth-order valence-corrected chi connectivity index (χ4v) is 3.35. The highest BCUT2D eigenvalue weighted by molar-refractivity contribution is 6.14. The molecule has 31 heavy (non-hydrogen) atoms. The molecular formula is C25H23N3O3. The predicted octanol–water partition coefficient (Wildman–Crippen LogP) is 3.99. The first kappa shape index (κ1) is 20.3. The van der Waals surface area contributed by atoms with Crippen LogP contribution in [0.3, 0.4) is 0 Å². The van der Waals surface area contributed by atoms with Gasteiger partial charge in [-0.2, -0.15) is 5.01 Å². The number of hydrogen-bond acceptors (Lipinski definition) is 5. The highest BCUT2D eigenvalue weighted by Crippen LogP contribution is 2.22. The van der Waals surface area contributed by atoms with Crippen molar-refractivity contribution < 1.29 is 14.6 Å². The molecule has 1 aliphatic heterocycles. The van der Waals surface area contributed by atoms with Gasteiger partial charge < -0.3 is 9.84 Å². The molecule has 1 N–H and O–H groups in total. The molecule has 1 amide bonds. The highest BCUT2D eigenvalue weighted by atomic mass is 16.5. The van der Waals surface area contributed by atoms with Gasteiger partial charge in [-0.25, -0.2) is 0 Å². The smallest absolute Gasteiger partial charge is 0.274 e. The summed E-state index contributed by atoms with van der Waals surface area (Å²) in [6.07, 6.45) is 0.413. The average Bonchev–Trinajstić information content (AvgIpc) is 3.11. The van der Waals surface area contributed by atoms with Crippen LogP contribution >= 0.6 is 0 Å². The van der Waals surface area contributed by atoms with Crippen molar-refractivity contribution in [3.8, 4) is 5.75 Å². The number of amides is 1. The van der Waals surface area contributed by atoms with Gasteiger partial charge in [0.15, 0.2) is 5.84 Å². The molecular weight excluding hydrogens is 390 g/mol. The fourth-order valence-electron chi connectivity index (χ4n) is 3.35. The Morgan fingerprint density at radius 3 is 2.29 bits per heavy atom. The van der Waals surface area contributed by atoms with Gasteiger partial charge in [-0.05, 0) is 36.8 Å². The zero-order valence-electron chi connectivity index (χ0n) is 17.2. The highest BCUT2D eigenvalue weighted by Gasteiger charge is 2.36. The van der Waals surface area contributed by atoms with E-state index in [4.69, 9.17) is 9.73 Å². The third-order valence-corrected chi connectivity index (χ3v) is 4.86. The van der Waals surface area contributed by atoms with Crippen molar-refractivity contribution >= 4 is 17.6 Å². The van der Waals surface area contributed by atoms with Crippen LogP contribution in [0.25, 0.3) is 0 Å². The Bertz CT molecular complexity index is 1090. The Labute approximate surface area is 181 Å². The lowest BCUT2D eigenvalue weighted by molar-refractivity contribution is -0.127. The molecule has 1 heterocycles. The second-order valence-corrected chi connectivity index (χ2v) is 7.06. The molecule has 4 rings (SSSR count). The summed E-state index contributed by atoms with van der Waals surface area (Å²) in [6.45, 7) is 2.30. The Balaban J connectivity index is 1.71. The minimum atomic E-state index is -0.609. The molecule has 0 aliphatic carbocycles. The number of hydrazone groups is 1. The third kappa shape index (κ3) is 4.64. The molecule has 1 atom stereocenters. The summed E-state index contributed by atoms with van der Waals surface area (Å²) in [5.41, 5.74) is 2.49. The fraction of sp³-hybridized carbons (Fsp3) is 0.160. The maximum Gasteiger partial charge on any atom is 0.274 e. The van der Waals surface area contributed by atoms with Gasteiger partial charge in [0.05, 0.1) is 6.61 Å². The molecule has 1 aliphatic rings. The third-order valence-electron chi connectivity index (χ3n) is 4.86. The van der Waals surface area contributed by atoms with E-state index in [1.165, 1.54) is 5.01 Å². The van der Waals surface area contributed by atoms with Crippen molar-refractivity contribution in [2.45, 2.75) is 19.4 Å². The van der Waals surface area contributed by atoms with Crippen LogP contribution in [0.1, 0.15) is 23.6 Å². The second kappa shape index (κ2) is 9.26. The van der Waals surface area contributed by atoms with Gasteiger partial charge in [-0.1, -0.05) is 60.7 Å². The lowest BCUT2D eigenvalue weighted by atomic mass is 10.1. The van der Waals surface area contributed by atoms with E-state index in [2.05, 4.69) is 5.10 Å². The Morgan fingerprint density at radius 1 is 1.00 bits per heavy atom. The number of benzene rings is 3. The first-order valence-electron chi connectivity index (χ1n) is 10.2. The number of aliphatic imine (C=N–C) groups is 1. The van der Waals surface area contributed by atoms with Crippen molar-refractivity contribution in [1.82, 2.24) is 5.01 Å². The summed E-state index contributed by atoms with van der Waals surface area (Å²) in [6, 6.07) is 25.2. The van der Waals surface area contributed by atoms with Gasteiger partial charge in [0.25, 0.3) is 5.91 Å². The maximum absolute atomic E-state index is 13.3. The van der Waals surface area contributed by atoms with Crippen LogP contribution in [0.15, 0.2) is 95.0 Å². The lowest BCUT2D eigenvalue weighted by Gasteiger charge is -2.16. The molecule has 156 valence electrons. The Hall–Kier alpha value is -3.93. The van der Waals surface area contributed by atoms with Gasteiger partial charge in [0.2, 0.25) is 5.90 Å². The van der Waals surface area contributed by atoms with Gasteiger partial charge in [-0.15, -0.1) is 5.10 Å². The number of nitrogens with zero attached hydrogens (tertiary/aromatic N) is 3. The number of amidine groups is 1. The summed E-state index contributed by atoms with van der Waals surface area (Å²) in [7, 11) is 0. The zero-order chi connectivity index (χ0) is 21.6. The van der Waals surface area contributed by atoms with Crippen LogP contribution in [0.2, 0.25) is 0 Å². The number of aromatic hydroxyl groups is 1. The summed E-state index contributed by atoms with van der Waals surface area (Å²) < 4.78 is 5.76. The van der Waals surface area contributed by atoms with E-state index in [1.54, 1.807) is 24.3 Å². The summed E-state index contributed by atoms with van der Waals surface area (Å²) >= 11 is 0. The quantitative estimate of drug-likeness (QED) is 0.490. The SMILES string of the molecule is CCO/C(=N/N1C(=O)C(Cc2ccc(O)cc2)N=C1c1ccccc1)c1ccccc1. The lowest BCUT2D eigenvalue weighted by Crippen LogP contribution is -2.33. The van der Waals surface area contributed by atoms with Crippen molar-refractivity contribution in [1.29, 1.82) is 0 Å². The van der Waals surface area contributed by atoms with Crippen LogP contribution in [-0.2, 0) is 16.0 Å². The standard InChI is InChI=1S/C25H23N3O3/c1-2-31-24(20-11-7-4-8-12-20)27-28-23(19-9-5-3-6-10-19)26-22(25(28)30)17-18-13-15-21(29)16-14-18/h3-16,22,29H,2,17H2,1H3/b27-24+. The number of hydrogen-bond donors (Lipinski definition) is 1. The topological polar surface area (TPSA) is 74.5 Å². The molecule has 3 aromatic rings. The molecule has 0 fully saturated rings. The van der Waals surface area contributed by atoms with Crippen molar-refractivity contribution in [2.75, 3.05) is 6.61 Å². The van der Waals surface area contributed by atoms with Crippen molar-refractivity contribution in [3.05, 3.63) is 102 Å². The number of rotatable bonds is 6. The first-order valence-corrected chi connectivity index (χ1v) is 10.2. The molecule has 1 unspecified atom stereocenters. The van der Waals surface area contributed by atoms with E-state index in [9.17, 15) is 9.90 Å². The predicted molar refractivity (Wildman–Crippen MR) is 120 cm³/mol. The molecule has 3 aromatic carbocycles. The molecule has 6 nitrogen and oxygen atoms in total. The number of ether oxygens (including phenoxy) is 1. The van der Waals surface area contributed by atoms with Gasteiger partial charge >= 0.3 is 0 Å². The Kier molecular flexibility index (Phi) is 6.08. The van der Waals surface area contributed by atoms with Crippen LogP contribution in [0.4, 0.5) is 0 Å².